The number of benzene rings is 1. The molecule has 1 amide bonds. The summed E-state index contributed by atoms with van der Waals surface area (Å²) in [7, 11) is -4.19. The second kappa shape index (κ2) is 7.10. The summed E-state index contributed by atoms with van der Waals surface area (Å²) >= 11 is 0. The summed E-state index contributed by atoms with van der Waals surface area (Å²) in [5, 5.41) is 2.54. The summed E-state index contributed by atoms with van der Waals surface area (Å²) < 4.78 is 63.5. The van der Waals surface area contributed by atoms with Gasteiger partial charge < -0.3 is 5.32 Å². The smallest absolute Gasteiger partial charge is 0.353 e. The van der Waals surface area contributed by atoms with Crippen molar-refractivity contribution >= 4 is 15.9 Å². The molecule has 0 fully saturated rings. The Morgan fingerprint density at radius 1 is 1.32 bits per heavy atom. The highest BCUT2D eigenvalue weighted by atomic mass is 32.2. The lowest BCUT2D eigenvalue weighted by atomic mass is 10.2. The minimum atomic E-state index is -4.64. The van der Waals surface area contributed by atoms with Crippen LogP contribution >= 0.6 is 0 Å². The van der Waals surface area contributed by atoms with E-state index in [2.05, 4.69) is 5.32 Å². The van der Waals surface area contributed by atoms with E-state index in [4.69, 9.17) is 0 Å². The fraction of sp³-hybridized carbons (Fsp3) is 0.462. The molecule has 1 aromatic carbocycles. The summed E-state index contributed by atoms with van der Waals surface area (Å²) in [5.74, 6) is -0.551. The molecule has 1 aromatic rings. The number of hydrogen-bond acceptors (Lipinski definition) is 3. The quantitative estimate of drug-likeness (QED) is 0.832. The van der Waals surface area contributed by atoms with E-state index in [0.29, 0.717) is 12.5 Å². The fourth-order valence-corrected chi connectivity index (χ4v) is 2.54. The molecule has 0 saturated carbocycles. The van der Waals surface area contributed by atoms with Crippen LogP contribution in [0, 0.1) is 0 Å². The van der Waals surface area contributed by atoms with Crippen LogP contribution in [0.25, 0.3) is 0 Å². The standard InChI is InChI=1S/C13H17F3N2O3S/c1-3-9(2)18-12(19)8-17-22(20,21)11-6-4-5-10(7-11)13(14,15)16/h4-7,9,17H,3,8H2,1-2H3,(H,18,19). The third kappa shape index (κ3) is 5.30. The van der Waals surface area contributed by atoms with E-state index in [1.165, 1.54) is 0 Å². The molecule has 124 valence electrons. The Morgan fingerprint density at radius 3 is 2.50 bits per heavy atom. The minimum absolute atomic E-state index is 0.120. The number of carbonyl (C=O) groups excluding carboxylic acids is 1. The topological polar surface area (TPSA) is 75.3 Å². The van der Waals surface area contributed by atoms with E-state index in [9.17, 15) is 26.4 Å². The van der Waals surface area contributed by atoms with Crippen LogP contribution in [0.2, 0.25) is 0 Å². The van der Waals surface area contributed by atoms with Gasteiger partial charge in [-0.1, -0.05) is 13.0 Å². The summed E-state index contributed by atoms with van der Waals surface area (Å²) in [6, 6.07) is 3.20. The van der Waals surface area contributed by atoms with Crippen molar-refractivity contribution in [1.82, 2.24) is 10.0 Å². The maximum Gasteiger partial charge on any atom is 0.416 e. The number of alkyl halides is 3. The first kappa shape index (κ1) is 18.4. The number of nitrogens with one attached hydrogen (secondary N) is 2. The van der Waals surface area contributed by atoms with Gasteiger partial charge in [-0.3, -0.25) is 4.79 Å². The molecule has 5 nitrogen and oxygen atoms in total. The Hall–Kier alpha value is -1.61. The Bertz CT molecular complexity index is 630. The fourth-order valence-electron chi connectivity index (χ4n) is 1.51. The number of amides is 1. The molecule has 0 aliphatic heterocycles. The number of sulfonamides is 1. The van der Waals surface area contributed by atoms with E-state index >= 15 is 0 Å². The predicted octanol–water partition coefficient (Wildman–Crippen LogP) is 1.90. The molecule has 1 unspecified atom stereocenters. The van der Waals surface area contributed by atoms with Gasteiger partial charge in [-0.05, 0) is 31.5 Å². The predicted molar refractivity (Wildman–Crippen MR) is 74.5 cm³/mol. The molecular weight excluding hydrogens is 321 g/mol. The van der Waals surface area contributed by atoms with Gasteiger partial charge in [-0.25, -0.2) is 13.1 Å². The minimum Gasteiger partial charge on any atom is -0.353 e. The first-order valence-corrected chi connectivity index (χ1v) is 8.01. The molecular formula is C13H17F3N2O3S. The van der Waals surface area contributed by atoms with Crippen LogP contribution in [0.5, 0.6) is 0 Å². The van der Waals surface area contributed by atoms with Crippen LogP contribution in [-0.4, -0.2) is 26.9 Å². The highest BCUT2D eigenvalue weighted by Crippen LogP contribution is 2.30. The van der Waals surface area contributed by atoms with Crippen molar-refractivity contribution in [3.05, 3.63) is 29.8 Å². The molecule has 0 heterocycles. The van der Waals surface area contributed by atoms with E-state index in [1.807, 2.05) is 11.6 Å². The van der Waals surface area contributed by atoms with Crippen molar-refractivity contribution in [2.75, 3.05) is 6.54 Å². The second-order valence-corrected chi connectivity index (χ2v) is 6.49. The van der Waals surface area contributed by atoms with Crippen LogP contribution < -0.4 is 10.0 Å². The van der Waals surface area contributed by atoms with Gasteiger partial charge in [0.25, 0.3) is 0 Å². The molecule has 2 N–H and O–H groups in total. The lowest BCUT2D eigenvalue weighted by Gasteiger charge is -2.13. The van der Waals surface area contributed by atoms with Crippen LogP contribution in [0.3, 0.4) is 0 Å². The van der Waals surface area contributed by atoms with Gasteiger partial charge in [0, 0.05) is 6.04 Å². The van der Waals surface area contributed by atoms with Crippen molar-refractivity contribution in [3.63, 3.8) is 0 Å². The Balaban J connectivity index is 2.81. The Labute approximate surface area is 127 Å². The Morgan fingerprint density at radius 2 is 1.95 bits per heavy atom. The molecule has 0 aromatic heterocycles. The molecule has 1 atom stereocenters. The highest BCUT2D eigenvalue weighted by molar-refractivity contribution is 7.89. The van der Waals surface area contributed by atoms with Crippen LogP contribution in [0.1, 0.15) is 25.8 Å². The summed E-state index contributed by atoms with van der Waals surface area (Å²) in [5.41, 5.74) is -1.07. The van der Waals surface area contributed by atoms with E-state index in [0.717, 1.165) is 18.2 Å². The maximum atomic E-state index is 12.6. The molecule has 1 rings (SSSR count). The molecule has 0 bridgehead atoms. The SMILES string of the molecule is CCC(C)NC(=O)CNS(=O)(=O)c1cccc(C(F)(F)F)c1. The number of hydrogen-bond donors (Lipinski definition) is 2. The van der Waals surface area contributed by atoms with Crippen molar-refractivity contribution in [2.24, 2.45) is 0 Å². The Kier molecular flexibility index (Phi) is 5.95. The number of halogens is 3. The first-order valence-electron chi connectivity index (χ1n) is 6.52. The van der Waals surface area contributed by atoms with Gasteiger partial charge in [-0.2, -0.15) is 13.2 Å². The van der Waals surface area contributed by atoms with Gasteiger partial charge in [0.1, 0.15) is 0 Å². The lowest BCUT2D eigenvalue weighted by Crippen LogP contribution is -2.40. The maximum absolute atomic E-state index is 12.6. The van der Waals surface area contributed by atoms with Crippen molar-refractivity contribution in [2.45, 2.75) is 37.4 Å². The number of carbonyl (C=O) groups is 1. The van der Waals surface area contributed by atoms with E-state index < -0.39 is 39.1 Å². The van der Waals surface area contributed by atoms with Crippen LogP contribution in [0.4, 0.5) is 13.2 Å². The van der Waals surface area contributed by atoms with Gasteiger partial charge in [0.2, 0.25) is 15.9 Å². The molecule has 0 aliphatic rings. The lowest BCUT2D eigenvalue weighted by molar-refractivity contribution is -0.137. The van der Waals surface area contributed by atoms with Crippen LogP contribution in [0.15, 0.2) is 29.2 Å². The first-order chi connectivity index (χ1) is 10.1. The van der Waals surface area contributed by atoms with E-state index in [-0.39, 0.29) is 6.04 Å². The van der Waals surface area contributed by atoms with Gasteiger partial charge >= 0.3 is 6.18 Å². The third-order valence-corrected chi connectivity index (χ3v) is 4.31. The molecule has 0 spiro atoms. The second-order valence-electron chi connectivity index (χ2n) is 4.73. The zero-order valence-electron chi connectivity index (χ0n) is 12.1. The summed E-state index contributed by atoms with van der Waals surface area (Å²) in [6.07, 6.45) is -3.97. The average Bonchev–Trinajstić information content (AvgIpc) is 2.44. The number of rotatable bonds is 6. The normalized spacial score (nSPS) is 13.7. The van der Waals surface area contributed by atoms with Gasteiger partial charge in [-0.15, -0.1) is 0 Å². The molecule has 0 radical (unpaired) electrons. The zero-order chi connectivity index (χ0) is 17.0. The highest BCUT2D eigenvalue weighted by Gasteiger charge is 2.31. The average molecular weight is 338 g/mol. The molecule has 22 heavy (non-hydrogen) atoms. The third-order valence-electron chi connectivity index (χ3n) is 2.91. The summed E-state index contributed by atoms with van der Waals surface area (Å²) in [6.45, 7) is 3.06. The summed E-state index contributed by atoms with van der Waals surface area (Å²) in [4.78, 5) is 11.0. The molecule has 0 aliphatic carbocycles. The largest absolute Gasteiger partial charge is 0.416 e. The van der Waals surface area contributed by atoms with Gasteiger partial charge in [0.15, 0.2) is 0 Å². The van der Waals surface area contributed by atoms with Crippen LogP contribution in [-0.2, 0) is 21.0 Å². The molecule has 0 saturated heterocycles. The van der Waals surface area contributed by atoms with Crippen molar-refractivity contribution in [1.29, 1.82) is 0 Å². The molecule has 9 heteroatoms. The monoisotopic (exact) mass is 338 g/mol. The van der Waals surface area contributed by atoms with Crippen molar-refractivity contribution in [3.8, 4) is 0 Å². The zero-order valence-corrected chi connectivity index (χ0v) is 12.9. The van der Waals surface area contributed by atoms with Gasteiger partial charge in [0.05, 0.1) is 17.0 Å². The van der Waals surface area contributed by atoms with E-state index in [1.54, 1.807) is 6.92 Å². The van der Waals surface area contributed by atoms with Crippen molar-refractivity contribution < 1.29 is 26.4 Å².